The fraction of sp³-hybridized carbons (Fsp3) is 0.500. The maximum atomic E-state index is 12.8. The van der Waals surface area contributed by atoms with E-state index < -0.39 is 11.8 Å². The van der Waals surface area contributed by atoms with E-state index in [0.29, 0.717) is 19.4 Å². The van der Waals surface area contributed by atoms with Crippen molar-refractivity contribution < 1.29 is 19.0 Å². The highest BCUT2D eigenvalue weighted by Crippen LogP contribution is 2.29. The van der Waals surface area contributed by atoms with Crippen LogP contribution in [-0.4, -0.2) is 34.5 Å². The van der Waals surface area contributed by atoms with Gasteiger partial charge in [-0.3, -0.25) is 4.90 Å². The Morgan fingerprint density at radius 1 is 1.47 bits per heavy atom. The Balaban J connectivity index is 1.99. The van der Waals surface area contributed by atoms with Crippen LogP contribution in [0.15, 0.2) is 24.3 Å². The zero-order chi connectivity index (χ0) is 14.0. The Labute approximate surface area is 111 Å². The Morgan fingerprint density at radius 3 is 2.68 bits per heavy atom. The molecule has 0 unspecified atom stereocenters. The Hall–Kier alpha value is -1.62. The van der Waals surface area contributed by atoms with E-state index >= 15 is 0 Å². The number of carboxylic acid groups (broad SMARTS) is 1. The number of aryl methyl sites for hydroxylation is 1. The molecule has 19 heavy (non-hydrogen) atoms. The summed E-state index contributed by atoms with van der Waals surface area (Å²) in [7, 11) is 0. The monoisotopic (exact) mass is 267 g/mol. The molecule has 1 aliphatic rings. The topological polar surface area (TPSA) is 49.8 Å². The molecule has 104 valence electrons. The minimum absolute atomic E-state index is 0.155. The van der Waals surface area contributed by atoms with Gasteiger partial charge in [-0.25, -0.2) is 9.18 Å². The molecule has 2 rings (SSSR count). The van der Waals surface area contributed by atoms with Crippen molar-refractivity contribution in [3.8, 4) is 0 Å². The first-order valence-electron chi connectivity index (χ1n) is 6.31. The number of ether oxygens (including phenoxy) is 1. The zero-order valence-electron chi connectivity index (χ0n) is 11.1. The van der Waals surface area contributed by atoms with E-state index in [1.165, 1.54) is 17.0 Å². The fourth-order valence-electron chi connectivity index (χ4n) is 2.47. The SMILES string of the molecule is CC1(C)OC[C@@H](CCc2ccc(F)cc2)N1C(=O)O. The normalized spacial score (nSPS) is 21.6. The molecule has 1 saturated heterocycles. The number of amides is 1. The van der Waals surface area contributed by atoms with Gasteiger partial charge in [0.15, 0.2) is 0 Å². The van der Waals surface area contributed by atoms with Crippen LogP contribution in [-0.2, 0) is 11.2 Å². The first kappa shape index (κ1) is 13.8. The second-order valence-electron chi connectivity index (χ2n) is 5.23. The smallest absolute Gasteiger partial charge is 0.409 e. The van der Waals surface area contributed by atoms with E-state index in [9.17, 15) is 14.3 Å². The second kappa shape index (κ2) is 5.17. The predicted octanol–water partition coefficient (Wildman–Crippen LogP) is 2.87. The zero-order valence-corrected chi connectivity index (χ0v) is 11.1. The largest absolute Gasteiger partial charge is 0.465 e. The van der Waals surface area contributed by atoms with Crippen molar-refractivity contribution >= 4 is 6.09 Å². The van der Waals surface area contributed by atoms with Gasteiger partial charge >= 0.3 is 6.09 Å². The molecule has 1 aromatic carbocycles. The summed E-state index contributed by atoms with van der Waals surface area (Å²) in [5, 5.41) is 9.25. The number of hydrogen-bond acceptors (Lipinski definition) is 2. The third-order valence-corrected chi connectivity index (χ3v) is 3.46. The molecule has 0 spiro atoms. The van der Waals surface area contributed by atoms with E-state index in [-0.39, 0.29) is 11.9 Å². The molecule has 0 radical (unpaired) electrons. The summed E-state index contributed by atoms with van der Waals surface area (Å²) in [6.45, 7) is 3.90. The van der Waals surface area contributed by atoms with Gasteiger partial charge in [-0.15, -0.1) is 0 Å². The first-order valence-corrected chi connectivity index (χ1v) is 6.31. The van der Waals surface area contributed by atoms with Crippen LogP contribution in [0.4, 0.5) is 9.18 Å². The molecular formula is C14H18FNO3. The minimum Gasteiger partial charge on any atom is -0.465 e. The molecule has 1 N–H and O–H groups in total. The molecule has 1 aliphatic heterocycles. The number of rotatable bonds is 3. The van der Waals surface area contributed by atoms with Gasteiger partial charge < -0.3 is 9.84 Å². The number of halogens is 1. The maximum Gasteiger partial charge on any atom is 0.409 e. The van der Waals surface area contributed by atoms with Crippen molar-refractivity contribution in [3.05, 3.63) is 35.6 Å². The molecular weight excluding hydrogens is 249 g/mol. The van der Waals surface area contributed by atoms with Crippen LogP contribution < -0.4 is 0 Å². The molecule has 1 amide bonds. The van der Waals surface area contributed by atoms with Crippen LogP contribution in [0.5, 0.6) is 0 Å². The van der Waals surface area contributed by atoms with E-state index in [1.807, 2.05) is 0 Å². The van der Waals surface area contributed by atoms with Gasteiger partial charge in [0.25, 0.3) is 0 Å². The average Bonchev–Trinajstić information content (AvgIpc) is 2.64. The highest BCUT2D eigenvalue weighted by Gasteiger charge is 2.43. The highest BCUT2D eigenvalue weighted by molar-refractivity contribution is 5.66. The lowest BCUT2D eigenvalue weighted by atomic mass is 10.0. The molecule has 1 fully saturated rings. The van der Waals surface area contributed by atoms with Crippen molar-refractivity contribution in [1.82, 2.24) is 4.90 Å². The van der Waals surface area contributed by atoms with Gasteiger partial charge in [-0.1, -0.05) is 12.1 Å². The lowest BCUT2D eigenvalue weighted by Crippen LogP contribution is -2.47. The lowest BCUT2D eigenvalue weighted by molar-refractivity contribution is -0.0421. The van der Waals surface area contributed by atoms with Gasteiger partial charge in [0, 0.05) is 0 Å². The van der Waals surface area contributed by atoms with Gasteiger partial charge in [-0.2, -0.15) is 0 Å². The molecule has 1 aromatic rings. The summed E-state index contributed by atoms with van der Waals surface area (Å²) in [6.07, 6.45) is 0.404. The average molecular weight is 267 g/mol. The molecule has 0 bridgehead atoms. The second-order valence-corrected chi connectivity index (χ2v) is 5.23. The van der Waals surface area contributed by atoms with Gasteiger partial charge in [0.1, 0.15) is 11.5 Å². The van der Waals surface area contributed by atoms with E-state index in [0.717, 1.165) is 5.56 Å². The third kappa shape index (κ3) is 3.04. The molecule has 4 nitrogen and oxygen atoms in total. The van der Waals surface area contributed by atoms with Crippen LogP contribution in [0.1, 0.15) is 25.8 Å². The Bertz CT molecular complexity index is 458. The van der Waals surface area contributed by atoms with E-state index in [2.05, 4.69) is 0 Å². The van der Waals surface area contributed by atoms with Gasteiger partial charge in [0.2, 0.25) is 0 Å². The van der Waals surface area contributed by atoms with E-state index in [4.69, 9.17) is 4.74 Å². The molecule has 0 saturated carbocycles. The minimum atomic E-state index is -0.966. The van der Waals surface area contributed by atoms with Crippen LogP contribution in [0, 0.1) is 5.82 Å². The Morgan fingerprint density at radius 2 is 2.11 bits per heavy atom. The predicted molar refractivity (Wildman–Crippen MR) is 68.4 cm³/mol. The van der Waals surface area contributed by atoms with Crippen molar-refractivity contribution in [2.24, 2.45) is 0 Å². The molecule has 0 aromatic heterocycles. The van der Waals surface area contributed by atoms with Crippen molar-refractivity contribution in [1.29, 1.82) is 0 Å². The van der Waals surface area contributed by atoms with Crippen LogP contribution in [0.2, 0.25) is 0 Å². The standard InChI is InChI=1S/C14H18FNO3/c1-14(2)16(13(17)18)12(9-19-14)8-5-10-3-6-11(15)7-4-10/h3-4,6-7,12H,5,8-9H2,1-2H3,(H,17,18)/t12-/m1/s1. The molecule has 0 aliphatic carbocycles. The first-order chi connectivity index (χ1) is 8.90. The van der Waals surface area contributed by atoms with Crippen molar-refractivity contribution in [2.45, 2.75) is 38.5 Å². The third-order valence-electron chi connectivity index (χ3n) is 3.46. The van der Waals surface area contributed by atoms with Gasteiger partial charge in [-0.05, 0) is 44.4 Å². The summed E-state index contributed by atoms with van der Waals surface area (Å²) in [4.78, 5) is 12.6. The molecule has 1 atom stereocenters. The number of benzene rings is 1. The summed E-state index contributed by atoms with van der Waals surface area (Å²) < 4.78 is 18.3. The quantitative estimate of drug-likeness (QED) is 0.916. The summed E-state index contributed by atoms with van der Waals surface area (Å²) >= 11 is 0. The van der Waals surface area contributed by atoms with E-state index in [1.54, 1.807) is 26.0 Å². The van der Waals surface area contributed by atoms with Crippen LogP contribution >= 0.6 is 0 Å². The molecule has 5 heteroatoms. The summed E-state index contributed by atoms with van der Waals surface area (Å²) in [6, 6.07) is 6.12. The van der Waals surface area contributed by atoms with Crippen molar-refractivity contribution in [2.75, 3.05) is 6.61 Å². The lowest BCUT2D eigenvalue weighted by Gasteiger charge is -2.30. The Kier molecular flexibility index (Phi) is 3.75. The van der Waals surface area contributed by atoms with Gasteiger partial charge in [0.05, 0.1) is 12.6 Å². The van der Waals surface area contributed by atoms with Crippen molar-refractivity contribution in [3.63, 3.8) is 0 Å². The fourth-order valence-corrected chi connectivity index (χ4v) is 2.47. The highest BCUT2D eigenvalue weighted by atomic mass is 19.1. The number of hydrogen-bond donors (Lipinski definition) is 1. The number of nitrogens with zero attached hydrogens (tertiary/aromatic N) is 1. The summed E-state index contributed by atoms with van der Waals surface area (Å²) in [5.74, 6) is -0.263. The van der Waals surface area contributed by atoms with Crippen LogP contribution in [0.25, 0.3) is 0 Å². The number of carbonyl (C=O) groups is 1. The van der Waals surface area contributed by atoms with Crippen LogP contribution in [0.3, 0.4) is 0 Å². The maximum absolute atomic E-state index is 12.8. The summed E-state index contributed by atoms with van der Waals surface area (Å²) in [5.41, 5.74) is 0.218. The molecule has 1 heterocycles.